The summed E-state index contributed by atoms with van der Waals surface area (Å²) in [6.45, 7) is 8.56. The van der Waals surface area contributed by atoms with Crippen LogP contribution in [0.15, 0.2) is 41.1 Å². The van der Waals surface area contributed by atoms with E-state index in [1.807, 2.05) is 31.3 Å². The number of fused-ring (bicyclic) bond motifs is 2. The van der Waals surface area contributed by atoms with Crippen molar-refractivity contribution >= 4 is 16.8 Å². The van der Waals surface area contributed by atoms with E-state index in [0.29, 0.717) is 0 Å². The maximum Gasteiger partial charge on any atom is 0.180 e. The Bertz CT molecular complexity index is 996. The quantitative estimate of drug-likeness (QED) is 0.729. The molecule has 0 saturated carbocycles. The Balaban J connectivity index is 1.16. The summed E-state index contributed by atoms with van der Waals surface area (Å²) < 4.78 is 5.46. The summed E-state index contributed by atoms with van der Waals surface area (Å²) in [7, 11) is 0. The van der Waals surface area contributed by atoms with Gasteiger partial charge in [0.2, 0.25) is 0 Å². The number of rotatable bonds is 4. The van der Waals surface area contributed by atoms with E-state index in [4.69, 9.17) is 4.52 Å². The molecule has 0 amide bonds. The number of aliphatic hydroxyl groups excluding tert-OH is 1. The summed E-state index contributed by atoms with van der Waals surface area (Å²) in [5.41, 5.74) is 4.05. The van der Waals surface area contributed by atoms with Crippen molar-refractivity contribution in [2.75, 3.05) is 50.7 Å². The van der Waals surface area contributed by atoms with Crippen molar-refractivity contribution in [2.45, 2.75) is 19.6 Å². The Hall–Kier alpha value is -2.48. The van der Waals surface area contributed by atoms with Crippen LogP contribution in [0.4, 0.5) is 5.82 Å². The zero-order chi connectivity index (χ0) is 19.8. The molecule has 7 nitrogen and oxygen atoms in total. The second kappa shape index (κ2) is 7.74. The van der Waals surface area contributed by atoms with Crippen molar-refractivity contribution in [3.8, 4) is 0 Å². The number of para-hydroxylation sites is 1. The molecule has 2 aliphatic heterocycles. The third kappa shape index (κ3) is 3.61. The van der Waals surface area contributed by atoms with Crippen LogP contribution in [0, 0.1) is 6.92 Å². The predicted octanol–water partition coefficient (Wildman–Crippen LogP) is 2.20. The molecule has 1 fully saturated rings. The topological polar surface area (TPSA) is 68.9 Å². The maximum atomic E-state index is 10.7. The molecule has 3 aromatic rings. The van der Waals surface area contributed by atoms with E-state index in [0.717, 1.165) is 80.3 Å². The van der Waals surface area contributed by atoms with Gasteiger partial charge in [-0.3, -0.25) is 14.8 Å². The van der Waals surface area contributed by atoms with E-state index in [1.165, 1.54) is 5.56 Å². The van der Waals surface area contributed by atoms with Gasteiger partial charge in [0, 0.05) is 63.3 Å². The van der Waals surface area contributed by atoms with Crippen LogP contribution >= 0.6 is 0 Å². The number of hydrogen-bond acceptors (Lipinski definition) is 7. The van der Waals surface area contributed by atoms with Gasteiger partial charge >= 0.3 is 0 Å². The maximum absolute atomic E-state index is 10.7. The molecule has 7 heteroatoms. The number of hydrogen-bond donors (Lipinski definition) is 1. The molecule has 1 N–H and O–H groups in total. The molecule has 1 atom stereocenters. The van der Waals surface area contributed by atoms with Crippen LogP contribution < -0.4 is 4.90 Å². The number of benzene rings is 1. The summed E-state index contributed by atoms with van der Waals surface area (Å²) in [4.78, 5) is 11.3. The van der Waals surface area contributed by atoms with Crippen molar-refractivity contribution in [1.29, 1.82) is 0 Å². The van der Waals surface area contributed by atoms with Gasteiger partial charge in [0.25, 0.3) is 0 Å². The molecule has 29 heavy (non-hydrogen) atoms. The van der Waals surface area contributed by atoms with Crippen molar-refractivity contribution in [3.05, 3.63) is 53.3 Å². The number of aromatic nitrogens is 2. The van der Waals surface area contributed by atoms with Crippen LogP contribution in [0.2, 0.25) is 0 Å². The Morgan fingerprint density at radius 2 is 1.93 bits per heavy atom. The lowest BCUT2D eigenvalue weighted by Gasteiger charge is -2.38. The number of piperazine rings is 1. The van der Waals surface area contributed by atoms with Crippen molar-refractivity contribution in [3.63, 3.8) is 0 Å². The van der Waals surface area contributed by atoms with Crippen LogP contribution in [0.3, 0.4) is 0 Å². The fourth-order valence-corrected chi connectivity index (χ4v) is 4.45. The van der Waals surface area contributed by atoms with E-state index in [9.17, 15) is 5.11 Å². The first-order chi connectivity index (χ1) is 14.2. The lowest BCUT2D eigenvalue weighted by Crippen LogP contribution is -2.49. The number of pyridine rings is 1. The Morgan fingerprint density at radius 3 is 2.79 bits per heavy atom. The van der Waals surface area contributed by atoms with Crippen molar-refractivity contribution in [1.82, 2.24) is 19.9 Å². The van der Waals surface area contributed by atoms with Gasteiger partial charge in [-0.1, -0.05) is 17.3 Å². The molecule has 1 aromatic carbocycles. The Morgan fingerprint density at radius 1 is 1.10 bits per heavy atom. The minimum atomic E-state index is -0.547. The van der Waals surface area contributed by atoms with Gasteiger partial charge in [-0.2, -0.15) is 0 Å². The molecule has 0 aliphatic carbocycles. The number of aliphatic hydroxyl groups is 1. The van der Waals surface area contributed by atoms with Crippen molar-refractivity contribution in [2.24, 2.45) is 0 Å². The lowest BCUT2D eigenvalue weighted by atomic mass is 9.99. The molecule has 152 valence electrons. The normalized spacial score (nSPS) is 20.9. The summed E-state index contributed by atoms with van der Waals surface area (Å²) in [6.07, 6.45) is 2.26. The van der Waals surface area contributed by atoms with Gasteiger partial charge in [-0.15, -0.1) is 0 Å². The second-order valence-corrected chi connectivity index (χ2v) is 8.02. The molecule has 0 spiro atoms. The van der Waals surface area contributed by atoms with Gasteiger partial charge in [-0.05, 0) is 37.1 Å². The minimum absolute atomic E-state index is 0.547. The SMILES string of the molecule is Cc1cc2c(cn1)C(O)N(CCN1CCN(c3noc4ccccc34)CC1)CC2. The molecular weight excluding hydrogens is 366 g/mol. The molecule has 5 rings (SSSR count). The summed E-state index contributed by atoms with van der Waals surface area (Å²) in [5, 5.41) is 16.1. The number of aryl methyl sites for hydroxylation is 1. The van der Waals surface area contributed by atoms with Crippen LogP contribution in [0.5, 0.6) is 0 Å². The van der Waals surface area contributed by atoms with Gasteiger partial charge in [-0.25, -0.2) is 0 Å². The Kier molecular flexibility index (Phi) is 4.95. The highest BCUT2D eigenvalue weighted by molar-refractivity contribution is 5.88. The molecule has 1 saturated heterocycles. The first-order valence-electron chi connectivity index (χ1n) is 10.4. The summed E-state index contributed by atoms with van der Waals surface area (Å²) >= 11 is 0. The zero-order valence-electron chi connectivity index (χ0n) is 16.8. The molecule has 1 unspecified atom stereocenters. The lowest BCUT2D eigenvalue weighted by molar-refractivity contribution is -0.0119. The molecule has 2 aromatic heterocycles. The average Bonchev–Trinajstić information content (AvgIpc) is 3.18. The summed E-state index contributed by atoms with van der Waals surface area (Å²) in [6, 6.07) is 10.1. The van der Waals surface area contributed by atoms with Crippen LogP contribution in [0.1, 0.15) is 23.0 Å². The number of nitrogens with zero attached hydrogens (tertiary/aromatic N) is 5. The fraction of sp³-hybridized carbons (Fsp3) is 0.455. The van der Waals surface area contributed by atoms with E-state index >= 15 is 0 Å². The largest absolute Gasteiger partial charge is 0.374 e. The number of anilines is 1. The fourth-order valence-electron chi connectivity index (χ4n) is 4.45. The third-order valence-corrected chi connectivity index (χ3v) is 6.19. The molecular formula is C22H27N5O2. The van der Waals surface area contributed by atoms with Gasteiger partial charge in [0.05, 0.1) is 5.39 Å². The molecule has 4 heterocycles. The van der Waals surface area contributed by atoms with Crippen LogP contribution in [-0.2, 0) is 6.42 Å². The van der Waals surface area contributed by atoms with E-state index in [-0.39, 0.29) is 0 Å². The standard InChI is InChI=1S/C22H27N5O2/c1-16-14-17-6-7-27(22(28)19(17)15-23-16)13-10-25-8-11-26(12-9-25)21-18-4-2-3-5-20(18)29-24-21/h2-5,14-15,22,28H,6-13H2,1H3. The second-order valence-electron chi connectivity index (χ2n) is 8.02. The third-order valence-electron chi connectivity index (χ3n) is 6.19. The van der Waals surface area contributed by atoms with Crippen LogP contribution in [0.25, 0.3) is 11.0 Å². The van der Waals surface area contributed by atoms with Crippen molar-refractivity contribution < 1.29 is 9.63 Å². The van der Waals surface area contributed by atoms with Crippen LogP contribution in [-0.4, -0.2) is 70.9 Å². The Labute approximate surface area is 170 Å². The molecule has 0 radical (unpaired) electrons. The first kappa shape index (κ1) is 18.5. The zero-order valence-corrected chi connectivity index (χ0v) is 16.8. The van der Waals surface area contributed by atoms with Gasteiger partial charge in [0.15, 0.2) is 11.4 Å². The monoisotopic (exact) mass is 393 g/mol. The van der Waals surface area contributed by atoms with Gasteiger partial charge in [0.1, 0.15) is 6.23 Å². The van der Waals surface area contributed by atoms with E-state index < -0.39 is 6.23 Å². The minimum Gasteiger partial charge on any atom is -0.374 e. The highest BCUT2D eigenvalue weighted by Gasteiger charge is 2.27. The van der Waals surface area contributed by atoms with E-state index in [1.54, 1.807) is 0 Å². The highest BCUT2D eigenvalue weighted by atomic mass is 16.5. The van der Waals surface area contributed by atoms with Gasteiger partial charge < -0.3 is 14.5 Å². The molecule has 2 aliphatic rings. The average molecular weight is 393 g/mol. The molecule has 0 bridgehead atoms. The smallest absolute Gasteiger partial charge is 0.180 e. The first-order valence-corrected chi connectivity index (χ1v) is 10.4. The summed E-state index contributed by atoms with van der Waals surface area (Å²) in [5.74, 6) is 0.950. The predicted molar refractivity (Wildman–Crippen MR) is 112 cm³/mol. The highest BCUT2D eigenvalue weighted by Crippen LogP contribution is 2.28. The van der Waals surface area contributed by atoms with E-state index in [2.05, 4.69) is 37.0 Å².